The first-order chi connectivity index (χ1) is 12.7. The van der Waals surface area contributed by atoms with Crippen molar-refractivity contribution in [1.29, 1.82) is 0 Å². The zero-order chi connectivity index (χ0) is 19.7. The number of aromatic nitrogens is 4. The number of aryl methyl sites for hydroxylation is 1. The number of anilines is 1. The Kier molecular flexibility index (Phi) is 6.01. The Balaban J connectivity index is 1.69. The van der Waals surface area contributed by atoms with Crippen molar-refractivity contribution in [3.63, 3.8) is 0 Å². The molecule has 0 aliphatic heterocycles. The second-order valence-electron chi connectivity index (χ2n) is 5.96. The van der Waals surface area contributed by atoms with Gasteiger partial charge in [0.1, 0.15) is 11.6 Å². The van der Waals surface area contributed by atoms with Crippen molar-refractivity contribution in [3.05, 3.63) is 61.4 Å². The maximum atomic E-state index is 12.3. The van der Waals surface area contributed by atoms with E-state index in [1.165, 1.54) is 4.68 Å². The molecule has 2 heterocycles. The molecule has 3 rings (SSSR count). The molecule has 10 heteroatoms. The molecular formula is C17H15Cl4N5O. The monoisotopic (exact) mass is 445 g/mol. The van der Waals surface area contributed by atoms with Crippen LogP contribution < -0.4 is 5.32 Å². The summed E-state index contributed by atoms with van der Waals surface area (Å²) in [5, 5.41) is 13.0. The highest BCUT2D eigenvalue weighted by Crippen LogP contribution is 2.25. The third-order valence-electron chi connectivity index (χ3n) is 3.89. The minimum atomic E-state index is -0.307. The summed E-state index contributed by atoms with van der Waals surface area (Å²) in [6.07, 6.45) is 1.62. The van der Waals surface area contributed by atoms with E-state index >= 15 is 0 Å². The molecule has 6 nitrogen and oxygen atoms in total. The molecule has 0 aliphatic rings. The summed E-state index contributed by atoms with van der Waals surface area (Å²) in [4.78, 5) is 12.3. The van der Waals surface area contributed by atoms with Crippen molar-refractivity contribution in [2.24, 2.45) is 0 Å². The maximum Gasteiger partial charge on any atom is 0.247 e. The summed E-state index contributed by atoms with van der Waals surface area (Å²) in [5.41, 5.74) is 2.30. The molecule has 1 N–H and O–H groups in total. The molecule has 0 saturated heterocycles. The molecule has 0 radical (unpaired) electrons. The first kappa shape index (κ1) is 20.0. The van der Waals surface area contributed by atoms with Gasteiger partial charge in [-0.05, 0) is 31.5 Å². The van der Waals surface area contributed by atoms with Crippen LogP contribution in [0, 0.1) is 13.8 Å². The van der Waals surface area contributed by atoms with Gasteiger partial charge in [-0.2, -0.15) is 10.2 Å². The van der Waals surface area contributed by atoms with Gasteiger partial charge in [-0.3, -0.25) is 14.2 Å². The summed E-state index contributed by atoms with van der Waals surface area (Å²) in [5.74, 6) is -0.0340. The van der Waals surface area contributed by atoms with Crippen LogP contribution in [-0.2, 0) is 17.9 Å². The molecule has 1 aromatic carbocycles. The second kappa shape index (κ2) is 8.10. The van der Waals surface area contributed by atoms with Gasteiger partial charge < -0.3 is 5.32 Å². The molecule has 3 aromatic rings. The van der Waals surface area contributed by atoms with Crippen LogP contribution in [0.3, 0.4) is 0 Å². The number of benzene rings is 1. The van der Waals surface area contributed by atoms with Crippen LogP contribution in [0.5, 0.6) is 0 Å². The fraction of sp³-hybridized carbons (Fsp3) is 0.235. The molecule has 0 spiro atoms. The minimum absolute atomic E-state index is 0.00930. The molecular weight excluding hydrogens is 432 g/mol. The van der Waals surface area contributed by atoms with Crippen LogP contribution in [0.25, 0.3) is 0 Å². The van der Waals surface area contributed by atoms with Crippen LogP contribution in [0.4, 0.5) is 5.82 Å². The summed E-state index contributed by atoms with van der Waals surface area (Å²) in [7, 11) is 0. The van der Waals surface area contributed by atoms with Gasteiger partial charge in [0.05, 0.1) is 33.0 Å². The van der Waals surface area contributed by atoms with E-state index < -0.39 is 0 Å². The van der Waals surface area contributed by atoms with Gasteiger partial charge in [0.15, 0.2) is 5.82 Å². The third kappa shape index (κ3) is 4.58. The van der Waals surface area contributed by atoms with Gasteiger partial charge in [0.2, 0.25) is 5.91 Å². The first-order valence-electron chi connectivity index (χ1n) is 7.91. The van der Waals surface area contributed by atoms with Gasteiger partial charge >= 0.3 is 0 Å². The molecule has 0 atom stereocenters. The number of hydrogen-bond acceptors (Lipinski definition) is 3. The lowest BCUT2D eigenvalue weighted by Gasteiger charge is -2.05. The van der Waals surface area contributed by atoms with E-state index in [4.69, 9.17) is 46.4 Å². The fourth-order valence-corrected chi connectivity index (χ4v) is 3.18. The molecule has 1 amide bonds. The fourth-order valence-electron chi connectivity index (χ4n) is 2.52. The van der Waals surface area contributed by atoms with Crippen molar-refractivity contribution >= 4 is 58.1 Å². The largest absolute Gasteiger partial charge is 0.306 e. The average Bonchev–Trinajstić information content (AvgIpc) is 3.05. The van der Waals surface area contributed by atoms with Crippen LogP contribution in [0.1, 0.15) is 17.0 Å². The SMILES string of the molecule is Cc1nn(CC(=O)Nc2nn(Cc3ccc(Cl)c(Cl)c3)cc2Cl)c(C)c1Cl. The Morgan fingerprint density at radius 1 is 1.07 bits per heavy atom. The number of amides is 1. The zero-order valence-corrected chi connectivity index (χ0v) is 17.5. The Morgan fingerprint density at radius 2 is 1.81 bits per heavy atom. The summed E-state index contributed by atoms with van der Waals surface area (Å²) >= 11 is 24.2. The normalized spacial score (nSPS) is 11.0. The van der Waals surface area contributed by atoms with E-state index in [0.29, 0.717) is 32.3 Å². The van der Waals surface area contributed by atoms with Crippen LogP contribution >= 0.6 is 46.4 Å². The van der Waals surface area contributed by atoms with Crippen molar-refractivity contribution in [2.75, 3.05) is 5.32 Å². The highest BCUT2D eigenvalue weighted by atomic mass is 35.5. The molecule has 0 fully saturated rings. The Morgan fingerprint density at radius 3 is 2.44 bits per heavy atom. The van der Waals surface area contributed by atoms with Crippen LogP contribution in [0.2, 0.25) is 20.1 Å². The van der Waals surface area contributed by atoms with E-state index in [9.17, 15) is 4.79 Å². The zero-order valence-electron chi connectivity index (χ0n) is 14.4. The van der Waals surface area contributed by atoms with Gasteiger partial charge in [-0.1, -0.05) is 52.5 Å². The molecule has 27 heavy (non-hydrogen) atoms. The van der Waals surface area contributed by atoms with Crippen LogP contribution in [0.15, 0.2) is 24.4 Å². The van der Waals surface area contributed by atoms with E-state index in [0.717, 1.165) is 11.3 Å². The quantitative estimate of drug-likeness (QED) is 0.599. The number of nitrogens with zero attached hydrogens (tertiary/aromatic N) is 4. The second-order valence-corrected chi connectivity index (χ2v) is 7.56. The van der Waals surface area contributed by atoms with Gasteiger partial charge in [0.25, 0.3) is 0 Å². The molecule has 0 unspecified atom stereocenters. The number of carbonyl (C=O) groups excluding carboxylic acids is 1. The van der Waals surface area contributed by atoms with Crippen molar-refractivity contribution in [1.82, 2.24) is 19.6 Å². The molecule has 2 aromatic heterocycles. The Labute approximate surface area is 176 Å². The number of halogens is 4. The number of carbonyl (C=O) groups is 1. The summed E-state index contributed by atoms with van der Waals surface area (Å²) in [6.45, 7) is 4.02. The Bertz CT molecular complexity index is 1010. The van der Waals surface area contributed by atoms with Crippen molar-refractivity contribution < 1.29 is 4.79 Å². The number of hydrogen-bond donors (Lipinski definition) is 1. The van der Waals surface area contributed by atoms with Gasteiger partial charge in [0, 0.05) is 6.20 Å². The Hall–Kier alpha value is -1.73. The molecule has 0 aliphatic carbocycles. The summed E-state index contributed by atoms with van der Waals surface area (Å²) < 4.78 is 3.14. The van der Waals surface area contributed by atoms with Crippen molar-refractivity contribution in [3.8, 4) is 0 Å². The van der Waals surface area contributed by atoms with Crippen LogP contribution in [-0.4, -0.2) is 25.5 Å². The highest BCUT2D eigenvalue weighted by molar-refractivity contribution is 6.42. The van der Waals surface area contributed by atoms with E-state index in [1.54, 1.807) is 36.9 Å². The maximum absolute atomic E-state index is 12.3. The number of rotatable bonds is 5. The minimum Gasteiger partial charge on any atom is -0.306 e. The predicted molar refractivity (Wildman–Crippen MR) is 108 cm³/mol. The smallest absolute Gasteiger partial charge is 0.247 e. The van der Waals surface area contributed by atoms with Gasteiger partial charge in [-0.15, -0.1) is 0 Å². The average molecular weight is 447 g/mol. The molecule has 0 bridgehead atoms. The molecule has 142 valence electrons. The summed E-state index contributed by atoms with van der Waals surface area (Å²) in [6, 6.07) is 5.31. The lowest BCUT2D eigenvalue weighted by Crippen LogP contribution is -2.21. The third-order valence-corrected chi connectivity index (χ3v) is 5.45. The standard InChI is InChI=1S/C17H15Cl4N5O/c1-9-16(21)10(2)26(23-9)8-15(27)22-17-14(20)7-25(24-17)6-11-3-4-12(18)13(19)5-11/h3-5,7H,6,8H2,1-2H3,(H,22,24,27). The highest BCUT2D eigenvalue weighted by Gasteiger charge is 2.15. The number of nitrogens with one attached hydrogen (secondary N) is 1. The first-order valence-corrected chi connectivity index (χ1v) is 9.42. The van der Waals surface area contributed by atoms with Crippen molar-refractivity contribution in [2.45, 2.75) is 26.9 Å². The topological polar surface area (TPSA) is 64.7 Å². The lowest BCUT2D eigenvalue weighted by molar-refractivity contribution is -0.117. The van der Waals surface area contributed by atoms with E-state index in [2.05, 4.69) is 15.5 Å². The lowest BCUT2D eigenvalue weighted by atomic mass is 10.2. The van der Waals surface area contributed by atoms with E-state index in [-0.39, 0.29) is 18.3 Å². The molecule has 0 saturated carbocycles. The van der Waals surface area contributed by atoms with E-state index in [1.807, 2.05) is 6.07 Å². The predicted octanol–water partition coefficient (Wildman–Crippen LogP) is 5.00. The van der Waals surface area contributed by atoms with Gasteiger partial charge in [-0.25, -0.2) is 0 Å².